The molecule has 2 aromatic carbocycles. The summed E-state index contributed by atoms with van der Waals surface area (Å²) in [6, 6.07) is 16.3. The number of benzene rings is 2. The fourth-order valence-electron chi connectivity index (χ4n) is 4.08. The molecule has 0 saturated carbocycles. The molecule has 0 amide bonds. The van der Waals surface area contributed by atoms with Crippen molar-refractivity contribution in [2.24, 2.45) is 0 Å². The van der Waals surface area contributed by atoms with Crippen LogP contribution in [-0.2, 0) is 16.5 Å². The van der Waals surface area contributed by atoms with E-state index in [1.807, 2.05) is 46.5 Å². The minimum atomic E-state index is -2.95. The molecule has 2 heterocycles. The first-order valence-electron chi connectivity index (χ1n) is 10.6. The minimum absolute atomic E-state index is 0.00356. The van der Waals surface area contributed by atoms with Crippen LogP contribution in [-0.4, -0.2) is 51.8 Å². The highest BCUT2D eigenvalue weighted by atomic mass is 32.2. The first kappa shape index (κ1) is 21.9. The predicted molar refractivity (Wildman–Crippen MR) is 127 cm³/mol. The molecule has 31 heavy (non-hydrogen) atoms. The zero-order valence-electron chi connectivity index (χ0n) is 18.2. The van der Waals surface area contributed by atoms with Gasteiger partial charge in [0.2, 0.25) is 4.77 Å². The molecule has 164 valence electrons. The Morgan fingerprint density at radius 2 is 1.87 bits per heavy atom. The summed E-state index contributed by atoms with van der Waals surface area (Å²) >= 11 is 5.88. The quantitative estimate of drug-likeness (QED) is 0.522. The molecule has 0 N–H and O–H groups in total. The Balaban J connectivity index is 1.78. The molecule has 6 nitrogen and oxygen atoms in total. The van der Waals surface area contributed by atoms with Crippen LogP contribution in [0.3, 0.4) is 0 Å². The molecule has 1 atom stereocenters. The van der Waals surface area contributed by atoms with Crippen LogP contribution >= 0.6 is 12.2 Å². The molecule has 4 rings (SSSR count). The largest absolute Gasteiger partial charge is 0.281 e. The summed E-state index contributed by atoms with van der Waals surface area (Å²) in [5, 5.41) is 4.89. The Morgan fingerprint density at radius 3 is 2.48 bits per heavy atom. The lowest BCUT2D eigenvalue weighted by Gasteiger charge is -2.26. The highest BCUT2D eigenvalue weighted by Gasteiger charge is 2.32. The molecule has 0 unspecified atom stereocenters. The zero-order valence-corrected chi connectivity index (χ0v) is 19.8. The Hall–Kier alpha value is -2.29. The minimum Gasteiger partial charge on any atom is -0.281 e. The van der Waals surface area contributed by atoms with E-state index in [0.717, 1.165) is 23.6 Å². The Labute approximate surface area is 189 Å². The maximum Gasteiger partial charge on any atom is 0.204 e. The lowest BCUT2D eigenvalue weighted by molar-refractivity contribution is 0.164. The van der Waals surface area contributed by atoms with Crippen LogP contribution in [0.25, 0.3) is 17.1 Å². The van der Waals surface area contributed by atoms with Crippen LogP contribution in [0.15, 0.2) is 48.5 Å². The third kappa shape index (κ3) is 4.51. The van der Waals surface area contributed by atoms with Crippen molar-refractivity contribution in [2.45, 2.75) is 39.9 Å². The van der Waals surface area contributed by atoms with Gasteiger partial charge in [0.25, 0.3) is 0 Å². The van der Waals surface area contributed by atoms with Crippen molar-refractivity contribution < 1.29 is 8.42 Å². The smallest absolute Gasteiger partial charge is 0.204 e. The molecule has 1 aliphatic rings. The maximum absolute atomic E-state index is 12.0. The maximum atomic E-state index is 12.0. The van der Waals surface area contributed by atoms with Crippen LogP contribution in [0.1, 0.15) is 24.5 Å². The van der Waals surface area contributed by atoms with E-state index in [0.29, 0.717) is 17.9 Å². The van der Waals surface area contributed by atoms with Crippen molar-refractivity contribution in [2.75, 3.05) is 18.1 Å². The molecule has 0 radical (unpaired) electrons. The first-order chi connectivity index (χ1) is 14.8. The van der Waals surface area contributed by atoms with E-state index in [1.54, 1.807) is 0 Å². The van der Waals surface area contributed by atoms with Crippen LogP contribution in [0.4, 0.5) is 0 Å². The lowest BCUT2D eigenvalue weighted by atomic mass is 10.1. The van der Waals surface area contributed by atoms with Crippen molar-refractivity contribution in [3.8, 4) is 17.1 Å². The van der Waals surface area contributed by atoms with Gasteiger partial charge in [-0.3, -0.25) is 9.47 Å². The van der Waals surface area contributed by atoms with Crippen molar-refractivity contribution >= 4 is 22.1 Å². The molecule has 1 aliphatic heterocycles. The third-order valence-corrected chi connectivity index (χ3v) is 8.21. The molecule has 0 spiro atoms. The van der Waals surface area contributed by atoms with Gasteiger partial charge in [-0.1, -0.05) is 43.3 Å². The molecule has 8 heteroatoms. The van der Waals surface area contributed by atoms with Crippen molar-refractivity contribution in [1.29, 1.82) is 0 Å². The van der Waals surface area contributed by atoms with Gasteiger partial charge >= 0.3 is 0 Å². The summed E-state index contributed by atoms with van der Waals surface area (Å²) in [6.07, 6.45) is 0.660. The van der Waals surface area contributed by atoms with Crippen LogP contribution in [0.5, 0.6) is 0 Å². The number of nitrogens with zero attached hydrogens (tertiary/aromatic N) is 4. The highest BCUT2D eigenvalue weighted by molar-refractivity contribution is 7.91. The second-order valence-electron chi connectivity index (χ2n) is 8.18. The Kier molecular flexibility index (Phi) is 6.14. The van der Waals surface area contributed by atoms with Gasteiger partial charge in [0.1, 0.15) is 0 Å². The van der Waals surface area contributed by atoms with Crippen LogP contribution in [0.2, 0.25) is 0 Å². The van der Waals surface area contributed by atoms with Gasteiger partial charge in [0.15, 0.2) is 15.7 Å². The second-order valence-corrected chi connectivity index (χ2v) is 10.8. The normalized spacial score (nSPS) is 18.0. The fourth-order valence-corrected chi connectivity index (χ4v) is 6.13. The highest BCUT2D eigenvalue weighted by Crippen LogP contribution is 2.25. The van der Waals surface area contributed by atoms with Crippen LogP contribution in [0, 0.1) is 18.6 Å². The standard InChI is InChI=1S/C23H28N4O2S2/c1-4-25(21-12-13-31(28,29)15-21)16-26-23(30)27(20-11-10-17(2)18(3)14-20)22(24-26)19-8-6-5-7-9-19/h5-11,14,21H,4,12-13,15-16H2,1-3H3/t21-/m1/s1. The number of sulfone groups is 1. The van der Waals surface area contributed by atoms with Crippen molar-refractivity contribution in [1.82, 2.24) is 19.2 Å². The summed E-state index contributed by atoms with van der Waals surface area (Å²) < 4.78 is 28.4. The molecule has 0 aliphatic carbocycles. The van der Waals surface area contributed by atoms with E-state index in [9.17, 15) is 8.42 Å². The summed E-state index contributed by atoms with van der Waals surface area (Å²) in [6.45, 7) is 7.43. The van der Waals surface area contributed by atoms with Gasteiger partial charge in [-0.05, 0) is 62.3 Å². The fraction of sp³-hybridized carbons (Fsp3) is 0.391. The molecule has 1 aromatic heterocycles. The monoisotopic (exact) mass is 456 g/mol. The number of rotatable bonds is 6. The van der Waals surface area contributed by atoms with E-state index in [4.69, 9.17) is 17.3 Å². The molecule has 3 aromatic rings. The Morgan fingerprint density at radius 1 is 1.13 bits per heavy atom. The van der Waals surface area contributed by atoms with Gasteiger partial charge in [-0.25, -0.2) is 13.1 Å². The molecule has 0 bridgehead atoms. The number of aromatic nitrogens is 3. The van der Waals surface area contributed by atoms with E-state index in [-0.39, 0.29) is 17.5 Å². The Bertz CT molecular complexity index is 1250. The van der Waals surface area contributed by atoms with Gasteiger partial charge in [0, 0.05) is 11.6 Å². The van der Waals surface area contributed by atoms with E-state index >= 15 is 0 Å². The third-order valence-electron chi connectivity index (χ3n) is 6.07. The summed E-state index contributed by atoms with van der Waals surface area (Å²) in [5.74, 6) is 1.24. The first-order valence-corrected chi connectivity index (χ1v) is 12.8. The number of hydrogen-bond donors (Lipinski definition) is 0. The second kappa shape index (κ2) is 8.68. The number of aryl methyl sites for hydroxylation is 2. The van der Waals surface area contributed by atoms with E-state index < -0.39 is 9.84 Å². The number of hydrogen-bond acceptors (Lipinski definition) is 5. The lowest BCUT2D eigenvalue weighted by Crippen LogP contribution is -2.37. The van der Waals surface area contributed by atoms with E-state index in [1.165, 1.54) is 11.1 Å². The predicted octanol–water partition coefficient (Wildman–Crippen LogP) is 4.15. The summed E-state index contributed by atoms with van der Waals surface area (Å²) in [7, 11) is -2.95. The topological polar surface area (TPSA) is 60.1 Å². The zero-order chi connectivity index (χ0) is 22.2. The van der Waals surface area contributed by atoms with Crippen molar-refractivity contribution in [3.05, 3.63) is 64.4 Å². The van der Waals surface area contributed by atoms with Gasteiger partial charge in [-0.2, -0.15) is 0 Å². The van der Waals surface area contributed by atoms with Gasteiger partial charge < -0.3 is 0 Å². The van der Waals surface area contributed by atoms with Gasteiger partial charge in [0.05, 0.1) is 23.9 Å². The summed E-state index contributed by atoms with van der Waals surface area (Å²) in [4.78, 5) is 2.16. The summed E-state index contributed by atoms with van der Waals surface area (Å²) in [5.41, 5.74) is 4.38. The molecule has 1 fully saturated rings. The average Bonchev–Trinajstić information content (AvgIpc) is 3.28. The van der Waals surface area contributed by atoms with Crippen LogP contribution < -0.4 is 0 Å². The van der Waals surface area contributed by atoms with E-state index in [2.05, 4.69) is 36.9 Å². The SMILES string of the molecule is CCN(Cn1nc(-c2ccccc2)n(-c2ccc(C)c(C)c2)c1=S)[C@@H]1CCS(=O)(=O)C1. The molecular formula is C23H28N4O2S2. The van der Waals surface area contributed by atoms with Gasteiger partial charge in [-0.15, -0.1) is 5.10 Å². The molecular weight excluding hydrogens is 428 g/mol. The molecule has 1 saturated heterocycles. The average molecular weight is 457 g/mol. The van der Waals surface area contributed by atoms with Crippen molar-refractivity contribution in [3.63, 3.8) is 0 Å².